The molecular weight excluding hydrogens is 244 g/mol. The summed E-state index contributed by atoms with van der Waals surface area (Å²) >= 11 is 0. The lowest BCUT2D eigenvalue weighted by molar-refractivity contribution is -0.384. The second-order valence-corrected chi connectivity index (χ2v) is 4.22. The molecule has 0 unspecified atom stereocenters. The van der Waals surface area contributed by atoms with E-state index in [1.165, 1.54) is 12.1 Å². The van der Waals surface area contributed by atoms with E-state index in [2.05, 4.69) is 10.1 Å². The topological polar surface area (TPSA) is 73.3 Å². The van der Waals surface area contributed by atoms with Gasteiger partial charge in [-0.2, -0.15) is 0 Å². The first-order valence-corrected chi connectivity index (χ1v) is 5.71. The van der Waals surface area contributed by atoms with Gasteiger partial charge in [-0.25, -0.2) is 9.50 Å². The Morgan fingerprint density at radius 1 is 1.32 bits per heavy atom. The first-order valence-electron chi connectivity index (χ1n) is 5.71. The summed E-state index contributed by atoms with van der Waals surface area (Å²) in [5.74, 6) is 0.477. The highest BCUT2D eigenvalue weighted by atomic mass is 16.6. The molecule has 3 rings (SSSR count). The number of aryl methyl sites for hydroxylation is 1. The van der Waals surface area contributed by atoms with E-state index in [1.54, 1.807) is 16.8 Å². The fourth-order valence-electron chi connectivity index (χ4n) is 1.92. The minimum absolute atomic E-state index is 0.0387. The van der Waals surface area contributed by atoms with Crippen LogP contribution in [0.1, 0.15) is 5.56 Å². The molecule has 0 saturated heterocycles. The molecule has 0 bridgehead atoms. The van der Waals surface area contributed by atoms with Crippen LogP contribution in [0.2, 0.25) is 0 Å². The summed E-state index contributed by atoms with van der Waals surface area (Å²) in [7, 11) is 0. The lowest BCUT2D eigenvalue weighted by Gasteiger charge is -2.04. The van der Waals surface area contributed by atoms with Gasteiger partial charge in [0.05, 0.1) is 16.6 Å². The molecule has 19 heavy (non-hydrogen) atoms. The first-order chi connectivity index (χ1) is 9.15. The van der Waals surface area contributed by atoms with Crippen molar-refractivity contribution >= 4 is 11.2 Å². The number of aromatic nitrogens is 3. The Hall–Kier alpha value is -2.76. The Morgan fingerprint density at radius 2 is 2.16 bits per heavy atom. The molecule has 0 atom stereocenters. The molecule has 0 fully saturated rings. The Bertz CT molecular complexity index is 779. The van der Waals surface area contributed by atoms with Gasteiger partial charge in [0, 0.05) is 23.9 Å². The summed E-state index contributed by atoms with van der Waals surface area (Å²) in [6, 6.07) is 8.45. The molecule has 94 valence electrons. The van der Waals surface area contributed by atoms with Gasteiger partial charge in [0.25, 0.3) is 5.69 Å². The fraction of sp³-hybridized carbons (Fsp3) is 0.0769. The second kappa shape index (κ2) is 4.16. The van der Waals surface area contributed by atoms with Gasteiger partial charge in [-0.1, -0.05) is 6.07 Å². The van der Waals surface area contributed by atoms with Gasteiger partial charge in [0.1, 0.15) is 0 Å². The molecule has 0 aliphatic heterocycles. The highest BCUT2D eigenvalue weighted by Crippen LogP contribution is 2.24. The summed E-state index contributed by atoms with van der Waals surface area (Å²) in [6.07, 6.45) is 3.51. The maximum absolute atomic E-state index is 10.8. The molecule has 0 aliphatic carbocycles. The summed E-state index contributed by atoms with van der Waals surface area (Å²) < 4.78 is 1.70. The second-order valence-electron chi connectivity index (χ2n) is 4.22. The SMILES string of the molecule is Cc1ccc([N+](=O)[O-])cc1-c1ncc2cccn2n1. The smallest absolute Gasteiger partial charge is 0.258 e. The number of fused-ring (bicyclic) bond motifs is 1. The molecule has 0 N–H and O–H groups in total. The van der Waals surface area contributed by atoms with Crippen LogP contribution in [0.3, 0.4) is 0 Å². The van der Waals surface area contributed by atoms with Gasteiger partial charge in [-0.05, 0) is 24.6 Å². The van der Waals surface area contributed by atoms with Crippen LogP contribution in [0.5, 0.6) is 0 Å². The predicted molar refractivity (Wildman–Crippen MR) is 69.8 cm³/mol. The summed E-state index contributed by atoms with van der Waals surface area (Å²) in [4.78, 5) is 14.7. The predicted octanol–water partition coefficient (Wildman–Crippen LogP) is 2.61. The number of hydrogen-bond donors (Lipinski definition) is 0. The van der Waals surface area contributed by atoms with Crippen LogP contribution in [-0.4, -0.2) is 19.5 Å². The molecule has 0 aliphatic rings. The minimum Gasteiger partial charge on any atom is -0.258 e. The first kappa shape index (κ1) is 11.3. The highest BCUT2D eigenvalue weighted by Gasteiger charge is 2.12. The van der Waals surface area contributed by atoms with Gasteiger partial charge < -0.3 is 0 Å². The molecule has 0 saturated carbocycles. The summed E-state index contributed by atoms with van der Waals surface area (Å²) in [6.45, 7) is 1.88. The van der Waals surface area contributed by atoms with Gasteiger partial charge in [0.2, 0.25) is 0 Å². The van der Waals surface area contributed by atoms with E-state index < -0.39 is 4.92 Å². The van der Waals surface area contributed by atoms with E-state index in [-0.39, 0.29) is 5.69 Å². The quantitative estimate of drug-likeness (QED) is 0.520. The van der Waals surface area contributed by atoms with Gasteiger partial charge in [-0.15, -0.1) is 5.10 Å². The number of nitro groups is 1. The standard InChI is InChI=1S/C13H10N4O2/c1-9-4-5-10(17(18)19)7-12(9)13-14-8-11-3-2-6-16(11)15-13/h2-8H,1H3. The van der Waals surface area contributed by atoms with E-state index >= 15 is 0 Å². The van der Waals surface area contributed by atoms with Gasteiger partial charge in [-0.3, -0.25) is 10.1 Å². The molecule has 0 amide bonds. The van der Waals surface area contributed by atoms with Crippen LogP contribution in [0.25, 0.3) is 16.9 Å². The molecule has 3 aromatic rings. The fourth-order valence-corrected chi connectivity index (χ4v) is 1.92. The van der Waals surface area contributed by atoms with Crippen molar-refractivity contribution in [3.8, 4) is 11.4 Å². The molecule has 0 spiro atoms. The molecule has 0 radical (unpaired) electrons. The zero-order valence-electron chi connectivity index (χ0n) is 10.1. The Balaban J connectivity index is 2.19. The van der Waals surface area contributed by atoms with E-state index in [1.807, 2.05) is 25.3 Å². The number of nitro benzene ring substituents is 1. The van der Waals surface area contributed by atoms with Crippen LogP contribution in [-0.2, 0) is 0 Å². The molecule has 6 nitrogen and oxygen atoms in total. The number of hydrogen-bond acceptors (Lipinski definition) is 4. The zero-order chi connectivity index (χ0) is 13.4. The van der Waals surface area contributed by atoms with Crippen molar-refractivity contribution in [2.75, 3.05) is 0 Å². The normalized spacial score (nSPS) is 10.8. The zero-order valence-corrected chi connectivity index (χ0v) is 10.1. The molecule has 2 heterocycles. The van der Waals surface area contributed by atoms with Gasteiger partial charge >= 0.3 is 0 Å². The van der Waals surface area contributed by atoms with Crippen LogP contribution < -0.4 is 0 Å². The lowest BCUT2D eigenvalue weighted by atomic mass is 10.1. The average Bonchev–Trinajstić information content (AvgIpc) is 2.86. The van der Waals surface area contributed by atoms with E-state index in [0.717, 1.165) is 11.1 Å². The molecule has 6 heteroatoms. The number of benzene rings is 1. The summed E-state index contributed by atoms with van der Waals surface area (Å²) in [5.41, 5.74) is 2.49. The Kier molecular flexibility index (Phi) is 2.49. The number of rotatable bonds is 2. The summed E-state index contributed by atoms with van der Waals surface area (Å²) in [5, 5.41) is 15.2. The minimum atomic E-state index is -0.420. The molecular formula is C13H10N4O2. The van der Waals surface area contributed by atoms with Crippen molar-refractivity contribution in [1.29, 1.82) is 0 Å². The van der Waals surface area contributed by atoms with Gasteiger partial charge in [0.15, 0.2) is 5.82 Å². The molecule has 2 aromatic heterocycles. The highest BCUT2D eigenvalue weighted by molar-refractivity contribution is 5.64. The van der Waals surface area contributed by atoms with Crippen LogP contribution >= 0.6 is 0 Å². The third kappa shape index (κ3) is 1.93. The van der Waals surface area contributed by atoms with Crippen molar-refractivity contribution in [3.63, 3.8) is 0 Å². The van der Waals surface area contributed by atoms with E-state index in [4.69, 9.17) is 0 Å². The van der Waals surface area contributed by atoms with Crippen LogP contribution in [0, 0.1) is 17.0 Å². The number of non-ortho nitro benzene ring substituents is 1. The van der Waals surface area contributed by atoms with Crippen molar-refractivity contribution in [1.82, 2.24) is 14.6 Å². The van der Waals surface area contributed by atoms with Crippen molar-refractivity contribution in [2.45, 2.75) is 6.92 Å². The van der Waals surface area contributed by atoms with Crippen molar-refractivity contribution in [2.24, 2.45) is 0 Å². The Morgan fingerprint density at radius 3 is 2.95 bits per heavy atom. The van der Waals surface area contributed by atoms with E-state index in [0.29, 0.717) is 11.4 Å². The van der Waals surface area contributed by atoms with Crippen LogP contribution in [0.15, 0.2) is 42.7 Å². The Labute approximate surface area is 108 Å². The van der Waals surface area contributed by atoms with Crippen molar-refractivity contribution < 1.29 is 4.92 Å². The van der Waals surface area contributed by atoms with E-state index in [9.17, 15) is 10.1 Å². The third-order valence-electron chi connectivity index (χ3n) is 2.95. The lowest BCUT2D eigenvalue weighted by Crippen LogP contribution is -1.98. The average molecular weight is 254 g/mol. The maximum Gasteiger partial charge on any atom is 0.270 e. The largest absolute Gasteiger partial charge is 0.270 e. The van der Waals surface area contributed by atoms with Crippen molar-refractivity contribution in [3.05, 3.63) is 58.4 Å². The van der Waals surface area contributed by atoms with Crippen LogP contribution in [0.4, 0.5) is 5.69 Å². The number of nitrogens with zero attached hydrogens (tertiary/aromatic N) is 4. The molecule has 1 aromatic carbocycles. The third-order valence-corrected chi connectivity index (χ3v) is 2.95. The maximum atomic E-state index is 10.8. The monoisotopic (exact) mass is 254 g/mol.